The molecule has 0 unspecified atom stereocenters. The number of benzene rings is 2. The SMILES string of the molecule is CC(C)SC(=O)Nc1cccc2ccccc12. The molecule has 2 rings (SSSR count). The van der Waals surface area contributed by atoms with E-state index in [2.05, 4.69) is 5.32 Å². The summed E-state index contributed by atoms with van der Waals surface area (Å²) in [4.78, 5) is 11.7. The molecule has 0 aliphatic heterocycles. The molecule has 0 aliphatic rings. The Morgan fingerprint density at radius 1 is 1.12 bits per heavy atom. The molecule has 0 saturated carbocycles. The van der Waals surface area contributed by atoms with E-state index in [-0.39, 0.29) is 5.24 Å². The van der Waals surface area contributed by atoms with Crippen molar-refractivity contribution in [1.82, 2.24) is 0 Å². The lowest BCUT2D eigenvalue weighted by Gasteiger charge is -2.09. The van der Waals surface area contributed by atoms with E-state index in [4.69, 9.17) is 0 Å². The van der Waals surface area contributed by atoms with Crippen molar-refractivity contribution >= 4 is 33.5 Å². The minimum absolute atomic E-state index is 0.00338. The molecule has 1 amide bonds. The van der Waals surface area contributed by atoms with Gasteiger partial charge in [-0.3, -0.25) is 4.79 Å². The third kappa shape index (κ3) is 3.01. The van der Waals surface area contributed by atoms with E-state index >= 15 is 0 Å². The molecule has 2 aromatic rings. The van der Waals surface area contributed by atoms with E-state index < -0.39 is 0 Å². The summed E-state index contributed by atoms with van der Waals surface area (Å²) in [7, 11) is 0. The van der Waals surface area contributed by atoms with Crippen molar-refractivity contribution in [3.63, 3.8) is 0 Å². The number of carbonyl (C=O) groups excluding carboxylic acids is 1. The number of anilines is 1. The van der Waals surface area contributed by atoms with E-state index in [0.29, 0.717) is 5.25 Å². The summed E-state index contributed by atoms with van der Waals surface area (Å²) < 4.78 is 0. The first kappa shape index (κ1) is 12.0. The lowest BCUT2D eigenvalue weighted by molar-refractivity contribution is 0.269. The summed E-state index contributed by atoms with van der Waals surface area (Å²) in [5, 5.41) is 5.45. The summed E-state index contributed by atoms with van der Waals surface area (Å²) in [5.74, 6) is 0. The van der Waals surface area contributed by atoms with E-state index in [1.165, 1.54) is 11.8 Å². The minimum atomic E-state index is -0.00338. The molecular formula is C14H15NOS. The van der Waals surface area contributed by atoms with Gasteiger partial charge in [0.15, 0.2) is 0 Å². The maximum Gasteiger partial charge on any atom is 0.283 e. The highest BCUT2D eigenvalue weighted by atomic mass is 32.2. The summed E-state index contributed by atoms with van der Waals surface area (Å²) in [6, 6.07) is 14.0. The molecule has 0 bridgehead atoms. The monoisotopic (exact) mass is 245 g/mol. The average Bonchev–Trinajstić information content (AvgIpc) is 2.28. The van der Waals surface area contributed by atoms with Crippen molar-refractivity contribution in [2.75, 3.05) is 5.32 Å². The Bertz CT molecular complexity index is 531. The number of nitrogens with one attached hydrogen (secondary N) is 1. The van der Waals surface area contributed by atoms with Crippen LogP contribution in [0.1, 0.15) is 13.8 Å². The van der Waals surface area contributed by atoms with Crippen LogP contribution in [0.25, 0.3) is 10.8 Å². The first-order valence-electron chi connectivity index (χ1n) is 5.62. The second-order valence-electron chi connectivity index (χ2n) is 4.11. The molecular weight excluding hydrogens is 230 g/mol. The van der Waals surface area contributed by atoms with Crippen LogP contribution in [0.5, 0.6) is 0 Å². The molecule has 0 atom stereocenters. The van der Waals surface area contributed by atoms with E-state index in [0.717, 1.165) is 16.5 Å². The number of hydrogen-bond acceptors (Lipinski definition) is 2. The molecule has 17 heavy (non-hydrogen) atoms. The maximum atomic E-state index is 11.7. The van der Waals surface area contributed by atoms with Gasteiger partial charge in [-0.1, -0.05) is 62.0 Å². The van der Waals surface area contributed by atoms with Crippen LogP contribution in [0.3, 0.4) is 0 Å². The fourth-order valence-corrected chi connectivity index (χ4v) is 2.28. The molecule has 0 saturated heterocycles. The van der Waals surface area contributed by atoms with Gasteiger partial charge in [-0.25, -0.2) is 0 Å². The Kier molecular flexibility index (Phi) is 3.69. The first-order chi connectivity index (χ1) is 8.16. The van der Waals surface area contributed by atoms with Gasteiger partial charge < -0.3 is 5.32 Å². The first-order valence-corrected chi connectivity index (χ1v) is 6.50. The third-order valence-electron chi connectivity index (χ3n) is 2.37. The minimum Gasteiger partial charge on any atom is -0.316 e. The zero-order valence-corrected chi connectivity index (χ0v) is 10.8. The lowest BCUT2D eigenvalue weighted by atomic mass is 10.1. The van der Waals surface area contributed by atoms with Gasteiger partial charge in [0.1, 0.15) is 0 Å². The summed E-state index contributed by atoms with van der Waals surface area (Å²) in [5.41, 5.74) is 0.876. The van der Waals surface area contributed by atoms with Crippen LogP contribution in [0.2, 0.25) is 0 Å². The van der Waals surface area contributed by atoms with Gasteiger partial charge in [-0.15, -0.1) is 0 Å². The second kappa shape index (κ2) is 5.23. The Morgan fingerprint density at radius 2 is 1.82 bits per heavy atom. The number of thioether (sulfide) groups is 1. The zero-order valence-electron chi connectivity index (χ0n) is 9.94. The Balaban J connectivity index is 2.27. The average molecular weight is 245 g/mol. The third-order valence-corrected chi connectivity index (χ3v) is 3.16. The predicted octanol–water partition coefficient (Wildman–Crippen LogP) is 4.51. The summed E-state index contributed by atoms with van der Waals surface area (Å²) in [6.45, 7) is 4.01. The van der Waals surface area contributed by atoms with Crippen LogP contribution in [-0.2, 0) is 0 Å². The Hall–Kier alpha value is -1.48. The Morgan fingerprint density at radius 3 is 2.59 bits per heavy atom. The standard InChI is InChI=1S/C14H15NOS/c1-10(2)17-14(16)15-13-9-5-7-11-6-3-4-8-12(11)13/h3-10H,1-2H3,(H,15,16). The quantitative estimate of drug-likeness (QED) is 0.843. The van der Waals surface area contributed by atoms with Crippen LogP contribution in [-0.4, -0.2) is 10.5 Å². The van der Waals surface area contributed by atoms with Gasteiger partial charge in [0, 0.05) is 16.3 Å². The van der Waals surface area contributed by atoms with Crippen LogP contribution in [0, 0.1) is 0 Å². The number of hydrogen-bond donors (Lipinski definition) is 1. The Labute approximate surface area is 105 Å². The van der Waals surface area contributed by atoms with Crippen LogP contribution in [0.15, 0.2) is 42.5 Å². The topological polar surface area (TPSA) is 29.1 Å². The molecule has 0 spiro atoms. The molecule has 88 valence electrons. The van der Waals surface area contributed by atoms with Crippen molar-refractivity contribution < 1.29 is 4.79 Å². The highest BCUT2D eigenvalue weighted by Crippen LogP contribution is 2.24. The summed E-state index contributed by atoms with van der Waals surface area (Å²) >= 11 is 1.31. The van der Waals surface area contributed by atoms with Crippen molar-refractivity contribution in [3.8, 4) is 0 Å². The molecule has 2 aromatic carbocycles. The number of carbonyl (C=O) groups is 1. The smallest absolute Gasteiger partial charge is 0.283 e. The highest BCUT2D eigenvalue weighted by molar-refractivity contribution is 8.14. The molecule has 0 radical (unpaired) electrons. The maximum absolute atomic E-state index is 11.7. The van der Waals surface area contributed by atoms with Crippen molar-refractivity contribution in [1.29, 1.82) is 0 Å². The normalized spacial score (nSPS) is 10.8. The van der Waals surface area contributed by atoms with Crippen LogP contribution in [0.4, 0.5) is 10.5 Å². The molecule has 0 aromatic heterocycles. The lowest BCUT2D eigenvalue weighted by Crippen LogP contribution is -2.08. The molecule has 2 nitrogen and oxygen atoms in total. The largest absolute Gasteiger partial charge is 0.316 e. The highest BCUT2D eigenvalue weighted by Gasteiger charge is 2.07. The summed E-state index contributed by atoms with van der Waals surface area (Å²) in [6.07, 6.45) is 0. The van der Waals surface area contributed by atoms with Gasteiger partial charge in [-0.05, 0) is 11.5 Å². The van der Waals surface area contributed by atoms with Crippen molar-refractivity contribution in [3.05, 3.63) is 42.5 Å². The van der Waals surface area contributed by atoms with Gasteiger partial charge in [0.05, 0.1) is 0 Å². The van der Waals surface area contributed by atoms with Gasteiger partial charge >= 0.3 is 0 Å². The zero-order chi connectivity index (χ0) is 12.3. The van der Waals surface area contributed by atoms with Crippen molar-refractivity contribution in [2.24, 2.45) is 0 Å². The van der Waals surface area contributed by atoms with E-state index in [9.17, 15) is 4.79 Å². The molecule has 1 N–H and O–H groups in total. The molecule has 0 fully saturated rings. The fraction of sp³-hybridized carbons (Fsp3) is 0.214. The van der Waals surface area contributed by atoms with Gasteiger partial charge in [0.2, 0.25) is 0 Å². The number of amides is 1. The molecule has 3 heteroatoms. The van der Waals surface area contributed by atoms with Gasteiger partial charge in [-0.2, -0.15) is 0 Å². The molecule has 0 aliphatic carbocycles. The van der Waals surface area contributed by atoms with E-state index in [1.54, 1.807) is 0 Å². The van der Waals surface area contributed by atoms with Crippen LogP contribution < -0.4 is 5.32 Å². The number of rotatable bonds is 2. The van der Waals surface area contributed by atoms with Crippen LogP contribution >= 0.6 is 11.8 Å². The number of fused-ring (bicyclic) bond motifs is 1. The fourth-order valence-electron chi connectivity index (χ4n) is 1.69. The van der Waals surface area contributed by atoms with Gasteiger partial charge in [0.25, 0.3) is 5.24 Å². The van der Waals surface area contributed by atoms with Crippen molar-refractivity contribution in [2.45, 2.75) is 19.1 Å². The molecule has 0 heterocycles. The predicted molar refractivity (Wildman–Crippen MR) is 75.7 cm³/mol. The second-order valence-corrected chi connectivity index (χ2v) is 5.66. The van der Waals surface area contributed by atoms with E-state index in [1.807, 2.05) is 56.3 Å².